The van der Waals surface area contributed by atoms with Gasteiger partial charge in [0.25, 0.3) is 5.91 Å². The molecule has 0 saturated carbocycles. The second kappa shape index (κ2) is 12.2. The van der Waals surface area contributed by atoms with Gasteiger partial charge in [0, 0.05) is 20.0 Å². The van der Waals surface area contributed by atoms with Crippen LogP contribution in [0, 0.1) is 11.8 Å². The Morgan fingerprint density at radius 2 is 1.72 bits per heavy atom. The number of carbonyl (C=O) groups is 4. The molecule has 1 aromatic carbocycles. The van der Waals surface area contributed by atoms with Crippen LogP contribution in [0.3, 0.4) is 0 Å². The van der Waals surface area contributed by atoms with Crippen LogP contribution in [0.4, 0.5) is 4.79 Å². The molecule has 3 rings (SSSR count). The summed E-state index contributed by atoms with van der Waals surface area (Å²) in [6.45, 7) is 8.15. The first-order chi connectivity index (χ1) is 17.1. The van der Waals surface area contributed by atoms with Gasteiger partial charge in [-0.25, -0.2) is 4.79 Å². The van der Waals surface area contributed by atoms with Gasteiger partial charge in [0.15, 0.2) is 12.3 Å². The van der Waals surface area contributed by atoms with E-state index in [2.05, 4.69) is 5.32 Å². The molecule has 0 bridgehead atoms. The third kappa shape index (κ3) is 6.54. The highest BCUT2D eigenvalue weighted by atomic mass is 16.7. The maximum Gasteiger partial charge on any atom is 0.436 e. The molecule has 10 nitrogen and oxygen atoms in total. The van der Waals surface area contributed by atoms with Gasteiger partial charge in [0.2, 0.25) is 11.8 Å². The molecule has 1 aromatic rings. The highest BCUT2D eigenvalue weighted by Crippen LogP contribution is 2.32. The number of hydrogen-bond donors (Lipinski definition) is 1. The molecule has 0 spiro atoms. The van der Waals surface area contributed by atoms with E-state index in [4.69, 9.17) is 9.57 Å². The monoisotopic (exact) mass is 502 g/mol. The molecule has 198 valence electrons. The molecule has 2 saturated heterocycles. The molecule has 1 unspecified atom stereocenters. The molecule has 2 aliphatic rings. The van der Waals surface area contributed by atoms with E-state index in [1.165, 1.54) is 11.9 Å². The van der Waals surface area contributed by atoms with E-state index in [1.807, 2.05) is 58.0 Å². The predicted octanol–water partition coefficient (Wildman–Crippen LogP) is 2.53. The molecule has 4 amide bonds. The normalized spacial score (nSPS) is 22.2. The molecule has 0 aromatic heterocycles. The summed E-state index contributed by atoms with van der Waals surface area (Å²) in [6.07, 6.45) is -1.53. The first-order valence-electron chi connectivity index (χ1n) is 12.6. The Hall–Kier alpha value is -3.14. The number of nitrogens with one attached hydrogen (secondary N) is 1. The van der Waals surface area contributed by atoms with Crippen molar-refractivity contribution in [2.45, 2.75) is 71.9 Å². The smallest absolute Gasteiger partial charge is 0.436 e. The Labute approximate surface area is 212 Å². The highest BCUT2D eigenvalue weighted by Gasteiger charge is 2.53. The lowest BCUT2D eigenvalue weighted by Crippen LogP contribution is -2.73. The van der Waals surface area contributed by atoms with Crippen molar-refractivity contribution in [2.75, 3.05) is 20.1 Å². The second-order valence-electron chi connectivity index (χ2n) is 10.2. The van der Waals surface area contributed by atoms with E-state index in [0.717, 1.165) is 10.6 Å². The lowest BCUT2D eigenvalue weighted by atomic mass is 9.95. The lowest BCUT2D eigenvalue weighted by Gasteiger charge is -2.53. The van der Waals surface area contributed by atoms with Crippen molar-refractivity contribution >= 4 is 23.8 Å². The van der Waals surface area contributed by atoms with Crippen molar-refractivity contribution in [1.29, 1.82) is 0 Å². The van der Waals surface area contributed by atoms with Crippen LogP contribution in [0.15, 0.2) is 30.3 Å². The molecule has 2 fully saturated rings. The van der Waals surface area contributed by atoms with E-state index in [-0.39, 0.29) is 55.7 Å². The maximum absolute atomic E-state index is 13.6. The van der Waals surface area contributed by atoms with Gasteiger partial charge in [-0.05, 0) is 30.2 Å². The SMILES string of the molecule is CNC(=O)CCN1CC2N(C(=O)OCc3ccccc3)O[C@H](CC(C)C)C(=O)N2[C@@H](CC(C)C)C1=O. The van der Waals surface area contributed by atoms with Gasteiger partial charge in [-0.15, -0.1) is 0 Å². The van der Waals surface area contributed by atoms with Crippen LogP contribution in [-0.2, 0) is 30.6 Å². The van der Waals surface area contributed by atoms with E-state index in [1.54, 1.807) is 4.90 Å². The summed E-state index contributed by atoms with van der Waals surface area (Å²) in [4.78, 5) is 61.2. The summed E-state index contributed by atoms with van der Waals surface area (Å²) in [5.74, 6) is -0.467. The third-order valence-electron chi connectivity index (χ3n) is 6.33. The van der Waals surface area contributed by atoms with Crippen molar-refractivity contribution in [3.05, 3.63) is 35.9 Å². The van der Waals surface area contributed by atoms with Gasteiger partial charge in [0.05, 0.1) is 6.54 Å². The first kappa shape index (κ1) is 27.4. The fourth-order valence-electron chi connectivity index (χ4n) is 4.56. The van der Waals surface area contributed by atoms with Crippen LogP contribution in [-0.4, -0.2) is 77.1 Å². The number of amides is 4. The predicted molar refractivity (Wildman–Crippen MR) is 132 cm³/mol. The third-order valence-corrected chi connectivity index (χ3v) is 6.33. The van der Waals surface area contributed by atoms with Gasteiger partial charge in [-0.1, -0.05) is 58.0 Å². The van der Waals surface area contributed by atoms with E-state index in [0.29, 0.717) is 12.8 Å². The first-order valence-corrected chi connectivity index (χ1v) is 12.6. The summed E-state index contributed by atoms with van der Waals surface area (Å²) in [7, 11) is 1.54. The molecular formula is C26H38N4O6. The molecule has 0 radical (unpaired) electrons. The van der Waals surface area contributed by atoms with Crippen LogP contribution >= 0.6 is 0 Å². The van der Waals surface area contributed by atoms with Crippen LogP contribution in [0.25, 0.3) is 0 Å². The van der Waals surface area contributed by atoms with Crippen molar-refractivity contribution in [3.63, 3.8) is 0 Å². The van der Waals surface area contributed by atoms with Gasteiger partial charge in [-0.3, -0.25) is 19.2 Å². The summed E-state index contributed by atoms with van der Waals surface area (Å²) in [5, 5.41) is 3.67. The van der Waals surface area contributed by atoms with E-state index >= 15 is 0 Å². The number of piperazine rings is 1. The van der Waals surface area contributed by atoms with Gasteiger partial charge in [-0.2, -0.15) is 5.06 Å². The molecule has 36 heavy (non-hydrogen) atoms. The summed E-state index contributed by atoms with van der Waals surface area (Å²) in [5.41, 5.74) is 0.818. The fourth-order valence-corrected chi connectivity index (χ4v) is 4.56. The zero-order valence-electron chi connectivity index (χ0n) is 21.8. The van der Waals surface area contributed by atoms with Gasteiger partial charge >= 0.3 is 6.09 Å². The van der Waals surface area contributed by atoms with Crippen molar-refractivity contribution < 1.29 is 28.8 Å². The molecule has 1 N–H and O–H groups in total. The number of carbonyl (C=O) groups excluding carboxylic acids is 4. The van der Waals surface area contributed by atoms with Crippen molar-refractivity contribution in [2.24, 2.45) is 11.8 Å². The van der Waals surface area contributed by atoms with Crippen molar-refractivity contribution in [3.8, 4) is 0 Å². The Morgan fingerprint density at radius 1 is 1.06 bits per heavy atom. The Bertz CT molecular complexity index is 938. The van der Waals surface area contributed by atoms with Crippen LogP contribution in [0.5, 0.6) is 0 Å². The summed E-state index contributed by atoms with van der Waals surface area (Å²) < 4.78 is 5.56. The number of fused-ring (bicyclic) bond motifs is 1. The quantitative estimate of drug-likeness (QED) is 0.556. The maximum atomic E-state index is 13.6. The minimum absolute atomic E-state index is 0.0327. The standard InChI is InChI=1S/C26H38N4O6/c1-17(2)13-20-24(32)28(12-11-22(31)27-5)15-23-29(20)25(33)21(14-18(3)4)36-30(23)26(34)35-16-19-9-7-6-8-10-19/h6-10,17-18,20-21,23H,11-16H2,1-5H3,(H,27,31)/t20-,21+,23?/m0/s1. The van der Waals surface area contributed by atoms with Crippen molar-refractivity contribution in [1.82, 2.24) is 20.2 Å². The van der Waals surface area contributed by atoms with Crippen LogP contribution in [0.1, 0.15) is 52.5 Å². The van der Waals surface area contributed by atoms with Crippen LogP contribution < -0.4 is 5.32 Å². The molecule has 2 aliphatic heterocycles. The second-order valence-corrected chi connectivity index (χ2v) is 10.2. The number of rotatable bonds is 9. The molecule has 2 heterocycles. The zero-order valence-corrected chi connectivity index (χ0v) is 21.8. The number of benzene rings is 1. The highest BCUT2D eigenvalue weighted by molar-refractivity contribution is 5.92. The zero-order chi connectivity index (χ0) is 26.4. The molecule has 0 aliphatic carbocycles. The Morgan fingerprint density at radius 3 is 2.33 bits per heavy atom. The lowest BCUT2D eigenvalue weighted by molar-refractivity contribution is -0.269. The number of hydrogen-bond acceptors (Lipinski definition) is 6. The summed E-state index contributed by atoms with van der Waals surface area (Å²) in [6, 6.07) is 8.52. The average Bonchev–Trinajstić information content (AvgIpc) is 2.84. The molecular weight excluding hydrogens is 464 g/mol. The topological polar surface area (TPSA) is 108 Å². The van der Waals surface area contributed by atoms with Gasteiger partial charge in [0.1, 0.15) is 12.6 Å². The van der Waals surface area contributed by atoms with E-state index in [9.17, 15) is 19.2 Å². The summed E-state index contributed by atoms with van der Waals surface area (Å²) >= 11 is 0. The van der Waals surface area contributed by atoms with Crippen LogP contribution in [0.2, 0.25) is 0 Å². The number of nitrogens with zero attached hydrogens (tertiary/aromatic N) is 3. The minimum atomic E-state index is -0.898. The Balaban J connectivity index is 1.91. The largest absolute Gasteiger partial charge is 0.443 e. The number of ether oxygens (including phenoxy) is 1. The van der Waals surface area contributed by atoms with E-state index < -0.39 is 24.4 Å². The number of hydroxylamine groups is 2. The van der Waals surface area contributed by atoms with Gasteiger partial charge < -0.3 is 19.9 Å². The average molecular weight is 503 g/mol. The Kier molecular flexibility index (Phi) is 9.31. The fraction of sp³-hybridized carbons (Fsp3) is 0.615. The minimum Gasteiger partial charge on any atom is -0.443 e. The molecule has 3 atom stereocenters. The molecule has 10 heteroatoms.